The summed E-state index contributed by atoms with van der Waals surface area (Å²) < 4.78 is 2.02. The molecule has 1 N–H and O–H groups in total. The number of ketones is 1. The van der Waals surface area contributed by atoms with Gasteiger partial charge in [0, 0.05) is 46.7 Å². The minimum absolute atomic E-state index is 0.182. The summed E-state index contributed by atoms with van der Waals surface area (Å²) in [6.45, 7) is 6.30. The molecule has 0 aliphatic rings. The first kappa shape index (κ1) is 23.3. The third-order valence-corrected chi connectivity index (χ3v) is 6.55. The molecule has 0 spiro atoms. The van der Waals surface area contributed by atoms with E-state index in [0.717, 1.165) is 22.9 Å². The van der Waals surface area contributed by atoms with Gasteiger partial charge in [0.05, 0.1) is 29.4 Å². The number of nitrogens with zero attached hydrogens (tertiary/aromatic N) is 5. The van der Waals surface area contributed by atoms with Crippen molar-refractivity contribution in [1.29, 1.82) is 0 Å². The highest BCUT2D eigenvalue weighted by Gasteiger charge is 2.25. The normalized spacial score (nSPS) is 11.6. The zero-order chi connectivity index (χ0) is 25.3. The topological polar surface area (TPSA) is 103 Å². The average Bonchev–Trinajstić information content (AvgIpc) is 3.29. The Bertz CT molecular complexity index is 1600. The summed E-state index contributed by atoms with van der Waals surface area (Å²) in [5, 5.41) is 4.56. The van der Waals surface area contributed by atoms with E-state index >= 15 is 0 Å². The number of hydrogen-bond donors (Lipinski definition) is 1. The summed E-state index contributed by atoms with van der Waals surface area (Å²) in [6, 6.07) is 11.3. The van der Waals surface area contributed by atoms with E-state index in [2.05, 4.69) is 46.0 Å². The van der Waals surface area contributed by atoms with Crippen molar-refractivity contribution >= 4 is 39.3 Å². The molecule has 0 radical (unpaired) electrons. The predicted molar refractivity (Wildman–Crippen MR) is 139 cm³/mol. The van der Waals surface area contributed by atoms with Gasteiger partial charge in [-0.25, -0.2) is 9.97 Å². The highest BCUT2D eigenvalue weighted by atomic mass is 16.1. The Morgan fingerprint density at radius 3 is 2.72 bits per heavy atom. The van der Waals surface area contributed by atoms with Crippen LogP contribution in [0.15, 0.2) is 73.7 Å². The molecule has 0 atom stereocenters. The summed E-state index contributed by atoms with van der Waals surface area (Å²) >= 11 is 0. The molecular weight excluding hydrogens is 452 g/mol. The zero-order valence-corrected chi connectivity index (χ0v) is 20.4. The lowest BCUT2D eigenvalue weighted by Crippen LogP contribution is -2.24. The van der Waals surface area contributed by atoms with E-state index in [4.69, 9.17) is 0 Å². The number of aromatic nitrogens is 5. The maximum Gasteiger partial charge on any atom is 0.228 e. The van der Waals surface area contributed by atoms with Crippen molar-refractivity contribution < 1.29 is 9.59 Å². The fourth-order valence-electron chi connectivity index (χ4n) is 4.18. The van der Waals surface area contributed by atoms with Crippen LogP contribution in [0, 0.1) is 0 Å². The molecule has 5 aromatic rings. The molecule has 0 fully saturated rings. The predicted octanol–water partition coefficient (Wildman–Crippen LogP) is 4.93. The number of fused-ring (bicyclic) bond motifs is 2. The van der Waals surface area contributed by atoms with E-state index in [-0.39, 0.29) is 23.7 Å². The molecule has 8 nitrogen and oxygen atoms in total. The van der Waals surface area contributed by atoms with Gasteiger partial charge in [-0.15, -0.1) is 0 Å². The van der Waals surface area contributed by atoms with E-state index < -0.39 is 0 Å². The van der Waals surface area contributed by atoms with Gasteiger partial charge in [0.25, 0.3) is 0 Å². The Morgan fingerprint density at radius 2 is 1.89 bits per heavy atom. The Labute approximate surface area is 208 Å². The Hall–Kier alpha value is -4.46. The average molecular weight is 479 g/mol. The van der Waals surface area contributed by atoms with E-state index in [1.165, 1.54) is 18.7 Å². The van der Waals surface area contributed by atoms with Crippen LogP contribution >= 0.6 is 0 Å². The fraction of sp³-hybridized carbons (Fsp3) is 0.214. The Balaban J connectivity index is 1.38. The van der Waals surface area contributed by atoms with Crippen molar-refractivity contribution in [1.82, 2.24) is 24.5 Å². The molecule has 0 aliphatic heterocycles. The molecule has 180 valence electrons. The number of hydrogen-bond acceptors (Lipinski definition) is 6. The van der Waals surface area contributed by atoms with E-state index in [0.29, 0.717) is 27.8 Å². The maximum absolute atomic E-state index is 13.5. The van der Waals surface area contributed by atoms with Gasteiger partial charge in [0.1, 0.15) is 12.0 Å². The smallest absolute Gasteiger partial charge is 0.228 e. The second kappa shape index (κ2) is 9.30. The summed E-state index contributed by atoms with van der Waals surface area (Å²) in [5.41, 5.74) is 3.51. The van der Waals surface area contributed by atoms with Crippen molar-refractivity contribution in [2.24, 2.45) is 0 Å². The van der Waals surface area contributed by atoms with Gasteiger partial charge in [-0.1, -0.05) is 25.1 Å². The van der Waals surface area contributed by atoms with Crippen molar-refractivity contribution in [3.05, 3.63) is 90.4 Å². The first-order valence-corrected chi connectivity index (χ1v) is 11.8. The molecule has 36 heavy (non-hydrogen) atoms. The van der Waals surface area contributed by atoms with Gasteiger partial charge in [-0.05, 0) is 44.0 Å². The number of carbonyl (C=O) groups excluding carboxylic acids is 2. The molecule has 0 saturated carbocycles. The van der Waals surface area contributed by atoms with Crippen LogP contribution in [0.3, 0.4) is 0 Å². The number of rotatable bonds is 7. The molecule has 1 aromatic carbocycles. The van der Waals surface area contributed by atoms with Gasteiger partial charge >= 0.3 is 0 Å². The van der Waals surface area contributed by atoms with Gasteiger partial charge in [-0.2, -0.15) is 0 Å². The lowest BCUT2D eigenvalue weighted by atomic mass is 10.0. The fourth-order valence-corrected chi connectivity index (χ4v) is 4.18. The van der Waals surface area contributed by atoms with Crippen LogP contribution in [0.2, 0.25) is 0 Å². The maximum atomic E-state index is 13.5. The number of anilines is 1. The summed E-state index contributed by atoms with van der Waals surface area (Å²) in [6.07, 6.45) is 10.8. The molecule has 1 amide bonds. The summed E-state index contributed by atoms with van der Waals surface area (Å²) in [4.78, 5) is 43.4. The molecule has 0 saturated heterocycles. The van der Waals surface area contributed by atoms with Crippen LogP contribution < -0.4 is 5.32 Å². The van der Waals surface area contributed by atoms with Crippen LogP contribution in [-0.4, -0.2) is 36.2 Å². The van der Waals surface area contributed by atoms with Crippen molar-refractivity contribution in [2.75, 3.05) is 5.32 Å². The number of nitrogens with one attached hydrogen (secondary N) is 1. The zero-order valence-electron chi connectivity index (χ0n) is 20.4. The largest absolute Gasteiger partial charge is 0.326 e. The molecule has 0 aliphatic carbocycles. The van der Waals surface area contributed by atoms with Gasteiger partial charge < -0.3 is 9.88 Å². The van der Waals surface area contributed by atoms with Crippen molar-refractivity contribution in [3.8, 4) is 0 Å². The van der Waals surface area contributed by atoms with E-state index in [1.807, 2.05) is 41.1 Å². The lowest BCUT2D eigenvalue weighted by Gasteiger charge is -2.25. The monoisotopic (exact) mass is 478 g/mol. The highest BCUT2D eigenvalue weighted by molar-refractivity contribution is 6.16. The van der Waals surface area contributed by atoms with Crippen LogP contribution in [0.5, 0.6) is 0 Å². The molecule has 0 unspecified atom stereocenters. The SMILES string of the molecule is CCC(C)(C)n1cc(C(=O)c2cncc(NC(=O)Cc3ccc4cccnc4c3)c2)c2cncnc21. The van der Waals surface area contributed by atoms with Crippen LogP contribution in [0.25, 0.3) is 21.9 Å². The third-order valence-electron chi connectivity index (χ3n) is 6.55. The van der Waals surface area contributed by atoms with Gasteiger partial charge in [-0.3, -0.25) is 19.6 Å². The quantitative estimate of drug-likeness (QED) is 0.333. The molecule has 4 aromatic heterocycles. The highest BCUT2D eigenvalue weighted by Crippen LogP contribution is 2.29. The van der Waals surface area contributed by atoms with E-state index in [9.17, 15) is 9.59 Å². The lowest BCUT2D eigenvalue weighted by molar-refractivity contribution is -0.115. The minimum atomic E-state index is -0.225. The summed E-state index contributed by atoms with van der Waals surface area (Å²) in [5.74, 6) is -0.406. The molecular formula is C28H26N6O2. The first-order chi connectivity index (χ1) is 17.4. The van der Waals surface area contributed by atoms with E-state index in [1.54, 1.807) is 18.5 Å². The van der Waals surface area contributed by atoms with Gasteiger partial charge in [0.2, 0.25) is 5.91 Å². The van der Waals surface area contributed by atoms with Crippen LogP contribution in [0.1, 0.15) is 48.7 Å². The molecule has 0 bridgehead atoms. The van der Waals surface area contributed by atoms with Crippen molar-refractivity contribution in [3.63, 3.8) is 0 Å². The molecule has 5 rings (SSSR count). The standard InChI is InChI=1S/C28H26N6O2/c1-4-28(2,3)34-16-23(22-15-30-17-32-27(22)34)26(36)20-12-21(14-29-13-20)33-25(35)11-18-7-8-19-6-5-9-31-24(19)10-18/h5-10,12-17H,4,11H2,1-3H3,(H,33,35). The molecule has 4 heterocycles. The second-order valence-corrected chi connectivity index (χ2v) is 9.39. The van der Waals surface area contributed by atoms with Crippen LogP contribution in [0.4, 0.5) is 5.69 Å². The first-order valence-electron chi connectivity index (χ1n) is 11.8. The number of amides is 1. The Morgan fingerprint density at radius 1 is 1.03 bits per heavy atom. The number of carbonyl (C=O) groups is 2. The number of pyridine rings is 2. The number of benzene rings is 1. The summed E-state index contributed by atoms with van der Waals surface area (Å²) in [7, 11) is 0. The second-order valence-electron chi connectivity index (χ2n) is 9.39. The minimum Gasteiger partial charge on any atom is -0.326 e. The van der Waals surface area contributed by atoms with Crippen LogP contribution in [-0.2, 0) is 16.8 Å². The third kappa shape index (κ3) is 4.45. The Kier molecular flexibility index (Phi) is 6.01. The van der Waals surface area contributed by atoms with Gasteiger partial charge in [0.15, 0.2) is 5.78 Å². The van der Waals surface area contributed by atoms with Crippen molar-refractivity contribution in [2.45, 2.75) is 39.2 Å². The molecule has 8 heteroatoms.